The van der Waals surface area contributed by atoms with Gasteiger partial charge in [-0.2, -0.15) is 0 Å². The van der Waals surface area contributed by atoms with Crippen molar-refractivity contribution >= 4 is 17.9 Å². The van der Waals surface area contributed by atoms with Gasteiger partial charge in [0, 0.05) is 19.3 Å². The van der Waals surface area contributed by atoms with Crippen LogP contribution in [0, 0.1) is 0 Å². The van der Waals surface area contributed by atoms with Crippen LogP contribution in [0.3, 0.4) is 0 Å². The minimum Gasteiger partial charge on any atom is -0.544 e. The number of unbranched alkanes of at least 4 members (excludes halogenated alkanes) is 15. The zero-order valence-corrected chi connectivity index (χ0v) is 32.1. The molecule has 0 aromatic rings. The Hall–Kier alpha value is -2.45. The highest BCUT2D eigenvalue weighted by atomic mass is 16.6. The molecule has 0 aliphatic heterocycles. The number of esters is 2. The third-order valence-electron chi connectivity index (χ3n) is 8.54. The van der Waals surface area contributed by atoms with Crippen molar-refractivity contribution in [1.82, 2.24) is 0 Å². The second-order valence-corrected chi connectivity index (χ2v) is 14.2. The summed E-state index contributed by atoms with van der Waals surface area (Å²) < 4.78 is 17.0. The van der Waals surface area contributed by atoms with Crippen molar-refractivity contribution < 1.29 is 38.2 Å². The maximum absolute atomic E-state index is 12.5. The first-order valence-electron chi connectivity index (χ1n) is 19.5. The number of allylic oxidation sites excluding steroid dienone is 6. The molecule has 0 amide bonds. The summed E-state index contributed by atoms with van der Waals surface area (Å²) in [5, 5.41) is 11.5. The van der Waals surface area contributed by atoms with Crippen LogP contribution >= 0.6 is 0 Å². The van der Waals surface area contributed by atoms with Gasteiger partial charge in [-0.05, 0) is 51.4 Å². The number of ether oxygens (including phenoxy) is 3. The van der Waals surface area contributed by atoms with Crippen molar-refractivity contribution in [1.29, 1.82) is 0 Å². The second kappa shape index (κ2) is 32.7. The van der Waals surface area contributed by atoms with Crippen LogP contribution < -0.4 is 5.11 Å². The van der Waals surface area contributed by atoms with Crippen molar-refractivity contribution in [3.63, 3.8) is 0 Å². The van der Waals surface area contributed by atoms with E-state index in [1.54, 1.807) is 21.1 Å². The molecule has 0 N–H and O–H groups in total. The molecule has 8 heteroatoms. The van der Waals surface area contributed by atoms with Gasteiger partial charge in [-0.3, -0.25) is 9.59 Å². The van der Waals surface area contributed by atoms with E-state index in [1.165, 1.54) is 64.2 Å². The fraction of sp³-hybridized carbons (Fsp3) is 0.780. The Labute approximate surface area is 300 Å². The van der Waals surface area contributed by atoms with Gasteiger partial charge in [0.2, 0.25) is 0 Å². The van der Waals surface area contributed by atoms with E-state index >= 15 is 0 Å². The molecule has 8 nitrogen and oxygen atoms in total. The van der Waals surface area contributed by atoms with Gasteiger partial charge >= 0.3 is 11.9 Å². The molecule has 284 valence electrons. The van der Waals surface area contributed by atoms with E-state index in [-0.39, 0.29) is 49.1 Å². The van der Waals surface area contributed by atoms with Crippen LogP contribution in [0.25, 0.3) is 0 Å². The lowest BCUT2D eigenvalue weighted by Gasteiger charge is -2.34. The minimum absolute atomic E-state index is 0.0201. The van der Waals surface area contributed by atoms with Crippen LogP contribution in [0.2, 0.25) is 0 Å². The van der Waals surface area contributed by atoms with Gasteiger partial charge in [-0.25, -0.2) is 0 Å². The summed E-state index contributed by atoms with van der Waals surface area (Å²) >= 11 is 0. The molecule has 0 aliphatic carbocycles. The molecule has 0 aromatic carbocycles. The quantitative estimate of drug-likeness (QED) is 0.0219. The number of aliphatic carboxylic acids is 1. The van der Waals surface area contributed by atoms with Crippen LogP contribution in [0.4, 0.5) is 0 Å². The largest absolute Gasteiger partial charge is 0.544 e. The Bertz CT molecular complexity index is 906. The predicted molar refractivity (Wildman–Crippen MR) is 199 cm³/mol. The third-order valence-corrected chi connectivity index (χ3v) is 8.54. The topological polar surface area (TPSA) is 102 Å². The van der Waals surface area contributed by atoms with Crippen molar-refractivity contribution in [2.24, 2.45) is 0 Å². The van der Waals surface area contributed by atoms with E-state index in [1.807, 2.05) is 6.08 Å². The number of hydrogen-bond acceptors (Lipinski definition) is 7. The molecule has 2 unspecified atom stereocenters. The van der Waals surface area contributed by atoms with Crippen LogP contribution in [-0.4, -0.2) is 75.5 Å². The first-order chi connectivity index (χ1) is 23.6. The lowest BCUT2D eigenvalue weighted by atomic mass is 10.1. The highest BCUT2D eigenvalue weighted by molar-refractivity contribution is 5.70. The zero-order valence-electron chi connectivity index (χ0n) is 32.1. The molecule has 0 rings (SSSR count). The Morgan fingerprint density at radius 2 is 1.12 bits per heavy atom. The van der Waals surface area contributed by atoms with E-state index in [0.717, 1.165) is 51.4 Å². The molecule has 0 saturated carbocycles. The van der Waals surface area contributed by atoms with Crippen LogP contribution in [0.5, 0.6) is 0 Å². The average Bonchev–Trinajstić information content (AvgIpc) is 3.05. The van der Waals surface area contributed by atoms with Crippen LogP contribution in [0.15, 0.2) is 36.5 Å². The maximum atomic E-state index is 12.5. The van der Waals surface area contributed by atoms with Crippen molar-refractivity contribution in [2.45, 2.75) is 167 Å². The van der Waals surface area contributed by atoms with Crippen LogP contribution in [0.1, 0.15) is 155 Å². The second-order valence-electron chi connectivity index (χ2n) is 14.2. The zero-order chi connectivity index (χ0) is 36.4. The van der Waals surface area contributed by atoms with Gasteiger partial charge in [0.25, 0.3) is 0 Å². The monoisotopic (exact) mass is 692 g/mol. The lowest BCUT2D eigenvalue weighted by Crippen LogP contribution is -2.55. The number of carbonyl (C=O) groups is 3. The molecule has 0 bridgehead atoms. The number of nitrogens with zero attached hydrogens (tertiary/aromatic N) is 1. The van der Waals surface area contributed by atoms with Gasteiger partial charge in [-0.15, -0.1) is 0 Å². The summed E-state index contributed by atoms with van der Waals surface area (Å²) in [4.78, 5) is 36.5. The number of quaternary nitrogens is 1. The number of hydrogen-bond donors (Lipinski definition) is 0. The number of carboxylic acid groups (broad SMARTS) is 1. The molecule has 0 aliphatic rings. The van der Waals surface area contributed by atoms with E-state index < -0.39 is 18.1 Å². The summed E-state index contributed by atoms with van der Waals surface area (Å²) in [6.07, 6.45) is 34.9. The molecule has 0 heterocycles. The highest BCUT2D eigenvalue weighted by Crippen LogP contribution is 2.12. The third kappa shape index (κ3) is 31.3. The number of carbonyl (C=O) groups excluding carboxylic acids is 3. The van der Waals surface area contributed by atoms with E-state index in [9.17, 15) is 19.5 Å². The Balaban J connectivity index is 4.33. The smallest absolute Gasteiger partial charge is 0.306 e. The van der Waals surface area contributed by atoms with Gasteiger partial charge < -0.3 is 28.6 Å². The molecule has 0 spiro atoms. The highest BCUT2D eigenvalue weighted by Gasteiger charge is 2.25. The average molecular weight is 692 g/mol. The van der Waals surface area contributed by atoms with Gasteiger partial charge in [0.15, 0.2) is 6.10 Å². The number of likely N-dealkylation sites (N-methyl/N-ethyl adjacent to an activating group) is 1. The SMILES string of the molecule is CCCCC/C=C/CCC(=O)OC(COCCC(C(=O)[O-])[N+](C)(C)C)COC(=O)CCCCCCC/C=C/C=C/CCCCCCCCC. The van der Waals surface area contributed by atoms with E-state index in [0.29, 0.717) is 12.8 Å². The summed E-state index contributed by atoms with van der Waals surface area (Å²) in [5.74, 6) is -1.83. The van der Waals surface area contributed by atoms with Gasteiger partial charge in [0.05, 0.1) is 40.3 Å². The molecule has 0 fully saturated rings. The molecule has 0 saturated heterocycles. The summed E-state index contributed by atoms with van der Waals surface area (Å²) in [5.41, 5.74) is 0. The summed E-state index contributed by atoms with van der Waals surface area (Å²) in [6, 6.07) is -0.731. The number of carboxylic acids is 1. The molecule has 2 atom stereocenters. The molecular formula is C41H73NO7. The van der Waals surface area contributed by atoms with Crippen molar-refractivity contribution in [3.8, 4) is 0 Å². The Morgan fingerprint density at radius 3 is 1.71 bits per heavy atom. The predicted octanol–water partition coefficient (Wildman–Crippen LogP) is 8.57. The van der Waals surface area contributed by atoms with E-state index in [4.69, 9.17) is 14.2 Å². The van der Waals surface area contributed by atoms with Gasteiger partial charge in [-0.1, -0.05) is 121 Å². The summed E-state index contributed by atoms with van der Waals surface area (Å²) in [7, 11) is 5.37. The van der Waals surface area contributed by atoms with Gasteiger partial charge in [0.1, 0.15) is 12.6 Å². The first kappa shape index (κ1) is 46.5. The Morgan fingerprint density at radius 1 is 0.612 bits per heavy atom. The summed E-state index contributed by atoms with van der Waals surface area (Å²) in [6.45, 7) is 4.51. The lowest BCUT2D eigenvalue weighted by molar-refractivity contribution is -0.889. The molecule has 0 aromatic heterocycles. The van der Waals surface area contributed by atoms with E-state index in [2.05, 4.69) is 44.2 Å². The molecule has 0 radical (unpaired) electrons. The first-order valence-corrected chi connectivity index (χ1v) is 19.5. The normalized spacial score (nSPS) is 13.4. The van der Waals surface area contributed by atoms with Crippen molar-refractivity contribution in [3.05, 3.63) is 36.5 Å². The Kier molecular flexibility index (Phi) is 31.1. The molecule has 49 heavy (non-hydrogen) atoms. The standard InChI is InChI=1S/C41H73NO7/c1-6-8-10-12-14-15-16-17-18-19-20-21-22-23-24-26-27-29-31-39(43)48-36-37(35-47-34-33-38(41(45)46)42(3,4)5)49-40(44)32-30-28-25-13-11-9-7-2/h18-21,25,28,37-38H,6-17,22-24,26-27,29-36H2,1-5H3/b19-18+,21-20+,28-25+. The fourth-order valence-corrected chi connectivity index (χ4v) is 5.43. The minimum atomic E-state index is -1.13. The van der Waals surface area contributed by atoms with Crippen molar-refractivity contribution in [2.75, 3.05) is 41.0 Å². The fourth-order valence-electron chi connectivity index (χ4n) is 5.43. The number of rotatable bonds is 34. The van der Waals surface area contributed by atoms with Crippen LogP contribution in [-0.2, 0) is 28.6 Å². The maximum Gasteiger partial charge on any atom is 0.306 e. The molecular weight excluding hydrogens is 618 g/mol.